The van der Waals surface area contributed by atoms with Gasteiger partial charge in [0.05, 0.1) is 17.5 Å². The molecule has 0 aromatic heterocycles. The van der Waals surface area contributed by atoms with Crippen LogP contribution in [0.15, 0.2) is 29.2 Å². The summed E-state index contributed by atoms with van der Waals surface area (Å²) in [4.78, 5) is 9.88. The minimum Gasteiger partial charge on any atom is -0.394 e. The maximum atomic E-state index is 11.3. The van der Waals surface area contributed by atoms with Crippen LogP contribution in [0.4, 0.5) is 0 Å². The highest BCUT2D eigenvalue weighted by molar-refractivity contribution is 7.89. The number of halogens is 2. The van der Waals surface area contributed by atoms with Crippen LogP contribution >= 0.6 is 23.2 Å². The van der Waals surface area contributed by atoms with Crippen molar-refractivity contribution in [3.05, 3.63) is 29.8 Å². The summed E-state index contributed by atoms with van der Waals surface area (Å²) in [5, 5.41) is 26.5. The van der Waals surface area contributed by atoms with E-state index in [1.165, 1.54) is 24.3 Å². The van der Waals surface area contributed by atoms with Crippen LogP contribution in [0.2, 0.25) is 0 Å². The number of nitrogens with two attached hydrogens (primary N) is 1. The maximum Gasteiger partial charge on any atom is 0.253 e. The van der Waals surface area contributed by atoms with Crippen LogP contribution in [0.1, 0.15) is 11.7 Å². The third kappa shape index (κ3) is 5.10. The molecule has 1 amide bonds. The first-order valence-corrected chi connectivity index (χ1v) is 8.09. The average molecular weight is 357 g/mol. The summed E-state index contributed by atoms with van der Waals surface area (Å²) in [6.07, 6.45) is -1.28. The highest BCUT2D eigenvalue weighted by Crippen LogP contribution is 2.19. The number of aliphatic hydroxyl groups excluding tert-OH is 2. The number of aliphatic hydroxyl groups is 2. The molecule has 1 aromatic carbocycles. The van der Waals surface area contributed by atoms with Crippen molar-refractivity contribution >= 4 is 39.1 Å². The third-order valence-electron chi connectivity index (χ3n) is 2.65. The Morgan fingerprint density at radius 2 is 1.81 bits per heavy atom. The topological polar surface area (TPSA) is 130 Å². The summed E-state index contributed by atoms with van der Waals surface area (Å²) < 4.78 is 22.2. The molecule has 5 N–H and O–H groups in total. The van der Waals surface area contributed by atoms with Crippen molar-refractivity contribution in [2.75, 3.05) is 6.61 Å². The van der Waals surface area contributed by atoms with Gasteiger partial charge < -0.3 is 15.5 Å². The van der Waals surface area contributed by atoms with Gasteiger partial charge in [-0.05, 0) is 17.7 Å². The quantitative estimate of drug-likeness (QED) is 0.517. The Balaban J connectivity index is 2.90. The van der Waals surface area contributed by atoms with Gasteiger partial charge in [0, 0.05) is 0 Å². The van der Waals surface area contributed by atoms with E-state index in [2.05, 4.69) is 5.32 Å². The van der Waals surface area contributed by atoms with Gasteiger partial charge in [0.25, 0.3) is 5.91 Å². The Bertz CT molecular complexity index is 591. The lowest BCUT2D eigenvalue weighted by molar-refractivity contribution is -0.121. The Morgan fingerprint density at radius 3 is 2.19 bits per heavy atom. The van der Waals surface area contributed by atoms with Gasteiger partial charge in [-0.25, -0.2) is 13.6 Å². The minimum absolute atomic E-state index is 0.121. The van der Waals surface area contributed by atoms with Crippen molar-refractivity contribution in [3.8, 4) is 0 Å². The van der Waals surface area contributed by atoms with Crippen LogP contribution in [0.3, 0.4) is 0 Å². The number of rotatable bonds is 6. The van der Waals surface area contributed by atoms with Crippen LogP contribution in [-0.4, -0.2) is 42.0 Å². The van der Waals surface area contributed by atoms with Gasteiger partial charge in [-0.15, -0.1) is 0 Å². The molecule has 0 heterocycles. The van der Waals surface area contributed by atoms with Crippen molar-refractivity contribution in [3.63, 3.8) is 0 Å². The molecule has 21 heavy (non-hydrogen) atoms. The zero-order chi connectivity index (χ0) is 16.2. The number of sulfonamides is 1. The molecule has 0 saturated carbocycles. The molecule has 118 valence electrons. The second kappa shape index (κ2) is 7.39. The van der Waals surface area contributed by atoms with Crippen LogP contribution < -0.4 is 10.5 Å². The third-order valence-corrected chi connectivity index (χ3v) is 3.98. The fraction of sp³-hybridized carbons (Fsp3) is 0.364. The predicted octanol–water partition coefficient (Wildman–Crippen LogP) is -0.352. The number of benzene rings is 1. The van der Waals surface area contributed by atoms with E-state index in [9.17, 15) is 23.4 Å². The zero-order valence-electron chi connectivity index (χ0n) is 10.6. The number of nitrogens with one attached hydrogen (secondary N) is 1. The molecule has 10 heteroatoms. The number of hydrogen-bond acceptors (Lipinski definition) is 5. The molecule has 2 atom stereocenters. The fourth-order valence-electron chi connectivity index (χ4n) is 1.56. The van der Waals surface area contributed by atoms with Crippen molar-refractivity contribution in [2.45, 2.75) is 21.9 Å². The number of alkyl halides is 2. The number of amides is 1. The minimum atomic E-state index is -3.84. The standard InChI is InChI=1S/C11H14Cl2N2O5S/c12-10(13)11(18)15-8(5-16)9(17)6-1-3-7(4-2-6)21(14,19)20/h1-4,8-10,16-17H,5H2,(H,15,18)(H2,14,19,20)/t8-,9-/m0/s1. The normalized spacial score (nSPS) is 14.8. The zero-order valence-corrected chi connectivity index (χ0v) is 12.9. The van der Waals surface area contributed by atoms with E-state index in [1.54, 1.807) is 0 Å². The molecule has 0 unspecified atom stereocenters. The molecule has 0 aliphatic heterocycles. The Morgan fingerprint density at radius 1 is 1.29 bits per heavy atom. The average Bonchev–Trinajstić information content (AvgIpc) is 2.42. The highest BCUT2D eigenvalue weighted by atomic mass is 35.5. The van der Waals surface area contributed by atoms with Gasteiger partial charge in [0.1, 0.15) is 6.10 Å². The van der Waals surface area contributed by atoms with Crippen molar-refractivity contribution in [2.24, 2.45) is 5.14 Å². The molecule has 0 bridgehead atoms. The van der Waals surface area contributed by atoms with E-state index in [0.29, 0.717) is 0 Å². The SMILES string of the molecule is NS(=O)(=O)c1ccc([C@H](O)[C@H](CO)NC(=O)C(Cl)Cl)cc1. The molecule has 0 aliphatic rings. The summed E-state index contributed by atoms with van der Waals surface area (Å²) in [6.45, 7) is -0.565. The Labute approximate surface area is 131 Å². The van der Waals surface area contributed by atoms with E-state index in [4.69, 9.17) is 28.3 Å². The number of hydrogen-bond donors (Lipinski definition) is 4. The van der Waals surface area contributed by atoms with Crippen molar-refractivity contribution < 1.29 is 23.4 Å². The molecule has 0 fully saturated rings. The smallest absolute Gasteiger partial charge is 0.253 e. The lowest BCUT2D eigenvalue weighted by Gasteiger charge is -2.23. The van der Waals surface area contributed by atoms with Gasteiger partial charge in [-0.2, -0.15) is 0 Å². The number of carbonyl (C=O) groups excluding carboxylic acids is 1. The fourth-order valence-corrected chi connectivity index (χ4v) is 2.20. The first-order chi connectivity index (χ1) is 9.66. The molecule has 0 aliphatic carbocycles. The predicted molar refractivity (Wildman–Crippen MR) is 77.3 cm³/mol. The van der Waals surface area contributed by atoms with Crippen molar-refractivity contribution in [1.29, 1.82) is 0 Å². The lowest BCUT2D eigenvalue weighted by Crippen LogP contribution is -2.44. The van der Waals surface area contributed by atoms with Crippen molar-refractivity contribution in [1.82, 2.24) is 5.32 Å². The van der Waals surface area contributed by atoms with E-state index in [1.807, 2.05) is 0 Å². The summed E-state index contributed by atoms with van der Waals surface area (Å²) in [6, 6.07) is 4.00. The summed E-state index contributed by atoms with van der Waals surface area (Å²) in [7, 11) is -3.84. The number of carbonyl (C=O) groups is 1. The van der Waals surface area contributed by atoms with Crippen LogP contribution in [0.25, 0.3) is 0 Å². The summed E-state index contributed by atoms with van der Waals surface area (Å²) in [5.41, 5.74) is 0.280. The van der Waals surface area contributed by atoms with Gasteiger partial charge in [0.2, 0.25) is 10.0 Å². The van der Waals surface area contributed by atoms with Gasteiger partial charge in [-0.3, -0.25) is 4.79 Å². The second-order valence-electron chi connectivity index (χ2n) is 4.16. The summed E-state index contributed by atoms with van der Waals surface area (Å²) in [5.74, 6) is -0.766. The summed E-state index contributed by atoms with van der Waals surface area (Å²) >= 11 is 10.7. The molecule has 0 spiro atoms. The van der Waals surface area contributed by atoms with Gasteiger partial charge in [0.15, 0.2) is 4.84 Å². The molecule has 7 nitrogen and oxygen atoms in total. The molecule has 1 rings (SSSR count). The molecule has 0 saturated heterocycles. The molecule has 0 radical (unpaired) electrons. The molecule has 1 aromatic rings. The highest BCUT2D eigenvalue weighted by Gasteiger charge is 2.24. The van der Waals surface area contributed by atoms with Crippen LogP contribution in [-0.2, 0) is 14.8 Å². The number of primary sulfonamides is 1. The van der Waals surface area contributed by atoms with E-state index < -0.39 is 39.5 Å². The van der Waals surface area contributed by atoms with E-state index in [-0.39, 0.29) is 10.5 Å². The second-order valence-corrected chi connectivity index (χ2v) is 6.81. The Kier molecular flexibility index (Phi) is 6.39. The largest absolute Gasteiger partial charge is 0.394 e. The maximum absolute atomic E-state index is 11.3. The molecular weight excluding hydrogens is 343 g/mol. The lowest BCUT2D eigenvalue weighted by atomic mass is 10.0. The first-order valence-electron chi connectivity index (χ1n) is 5.67. The molecular formula is C11H14Cl2N2O5S. The first kappa shape index (κ1) is 18.1. The monoisotopic (exact) mass is 356 g/mol. The van der Waals surface area contributed by atoms with Gasteiger partial charge in [-0.1, -0.05) is 35.3 Å². The van der Waals surface area contributed by atoms with E-state index in [0.717, 1.165) is 0 Å². The van der Waals surface area contributed by atoms with Gasteiger partial charge >= 0.3 is 0 Å². The van der Waals surface area contributed by atoms with E-state index >= 15 is 0 Å². The van der Waals surface area contributed by atoms with Crippen LogP contribution in [0, 0.1) is 0 Å². The Hall–Kier alpha value is -0.900. The van der Waals surface area contributed by atoms with Crippen LogP contribution in [0.5, 0.6) is 0 Å².